The topological polar surface area (TPSA) is 95.6 Å². The molecule has 7 nitrogen and oxygen atoms in total. The average molecular weight is 486 g/mol. The van der Waals surface area contributed by atoms with Gasteiger partial charge in [-0.15, -0.1) is 0 Å². The molecular formula is C24H24ClN3O4S. The normalized spacial score (nSPS) is 11.0. The number of hydrogen-bond donors (Lipinski definition) is 2. The molecule has 0 aliphatic heterocycles. The van der Waals surface area contributed by atoms with Gasteiger partial charge in [0.25, 0.3) is 15.9 Å². The first-order valence-electron chi connectivity index (χ1n) is 10.2. The SMILES string of the molecule is CCN(c1ccccc1)S(=O)(=O)c1cc(NC(=O)c2ccc(CNC(C)=O)cc2)ccc1Cl. The Morgan fingerprint density at radius 2 is 1.64 bits per heavy atom. The summed E-state index contributed by atoms with van der Waals surface area (Å²) in [5.74, 6) is -0.540. The van der Waals surface area contributed by atoms with Crippen molar-refractivity contribution in [2.45, 2.75) is 25.3 Å². The van der Waals surface area contributed by atoms with Crippen molar-refractivity contribution in [1.29, 1.82) is 0 Å². The van der Waals surface area contributed by atoms with Crippen LogP contribution >= 0.6 is 11.6 Å². The molecule has 2 amide bonds. The van der Waals surface area contributed by atoms with E-state index in [0.717, 1.165) is 5.56 Å². The van der Waals surface area contributed by atoms with Gasteiger partial charge in [0, 0.05) is 31.3 Å². The van der Waals surface area contributed by atoms with Crippen LogP contribution in [0.1, 0.15) is 29.8 Å². The molecule has 0 heterocycles. The number of benzene rings is 3. The Morgan fingerprint density at radius 3 is 2.24 bits per heavy atom. The highest BCUT2D eigenvalue weighted by Gasteiger charge is 2.26. The molecule has 3 aromatic rings. The molecule has 0 saturated heterocycles. The van der Waals surface area contributed by atoms with Gasteiger partial charge in [-0.3, -0.25) is 13.9 Å². The molecule has 0 unspecified atom stereocenters. The summed E-state index contributed by atoms with van der Waals surface area (Å²) in [6.45, 7) is 3.75. The van der Waals surface area contributed by atoms with E-state index in [2.05, 4.69) is 10.6 Å². The van der Waals surface area contributed by atoms with E-state index in [4.69, 9.17) is 11.6 Å². The molecule has 0 fully saturated rings. The summed E-state index contributed by atoms with van der Waals surface area (Å²) in [5.41, 5.74) is 2.06. The summed E-state index contributed by atoms with van der Waals surface area (Å²) >= 11 is 6.24. The summed E-state index contributed by atoms with van der Waals surface area (Å²) in [4.78, 5) is 23.6. The number of sulfonamides is 1. The average Bonchev–Trinajstić information content (AvgIpc) is 2.80. The lowest BCUT2D eigenvalue weighted by molar-refractivity contribution is -0.119. The van der Waals surface area contributed by atoms with Gasteiger partial charge < -0.3 is 10.6 Å². The van der Waals surface area contributed by atoms with Crippen molar-refractivity contribution in [3.05, 3.63) is 88.9 Å². The van der Waals surface area contributed by atoms with Gasteiger partial charge in [0.2, 0.25) is 5.91 Å². The Hall–Kier alpha value is -3.36. The number of carbonyl (C=O) groups is 2. The molecule has 33 heavy (non-hydrogen) atoms. The van der Waals surface area contributed by atoms with Gasteiger partial charge in [0.05, 0.1) is 10.7 Å². The Labute approximate surface area is 198 Å². The first-order chi connectivity index (χ1) is 15.7. The fraction of sp³-hybridized carbons (Fsp3) is 0.167. The van der Waals surface area contributed by atoms with Crippen LogP contribution in [0.2, 0.25) is 5.02 Å². The van der Waals surface area contributed by atoms with Gasteiger partial charge in [0.15, 0.2) is 0 Å². The van der Waals surface area contributed by atoms with Gasteiger partial charge in [-0.1, -0.05) is 41.9 Å². The molecular weight excluding hydrogens is 462 g/mol. The highest BCUT2D eigenvalue weighted by atomic mass is 35.5. The van der Waals surface area contributed by atoms with Crippen LogP contribution in [-0.2, 0) is 21.4 Å². The second-order valence-corrected chi connectivity index (χ2v) is 9.45. The van der Waals surface area contributed by atoms with Crippen molar-refractivity contribution in [2.24, 2.45) is 0 Å². The van der Waals surface area contributed by atoms with Crippen LogP contribution in [-0.4, -0.2) is 26.8 Å². The van der Waals surface area contributed by atoms with E-state index >= 15 is 0 Å². The van der Waals surface area contributed by atoms with E-state index in [1.54, 1.807) is 67.6 Å². The molecule has 2 N–H and O–H groups in total. The predicted molar refractivity (Wildman–Crippen MR) is 130 cm³/mol. The van der Waals surface area contributed by atoms with Crippen molar-refractivity contribution in [3.8, 4) is 0 Å². The lowest BCUT2D eigenvalue weighted by atomic mass is 10.1. The zero-order valence-corrected chi connectivity index (χ0v) is 19.8. The Balaban J connectivity index is 1.82. The highest BCUT2D eigenvalue weighted by Crippen LogP contribution is 2.30. The maximum atomic E-state index is 13.3. The molecule has 0 spiro atoms. The Bertz CT molecular complexity index is 1250. The van der Waals surface area contributed by atoms with Crippen molar-refractivity contribution < 1.29 is 18.0 Å². The number of carbonyl (C=O) groups excluding carboxylic acids is 2. The third-order valence-corrected chi connectivity index (χ3v) is 7.23. The molecule has 0 aliphatic rings. The second kappa shape index (κ2) is 10.5. The smallest absolute Gasteiger partial charge is 0.265 e. The van der Waals surface area contributed by atoms with Crippen molar-refractivity contribution >= 4 is 44.8 Å². The maximum Gasteiger partial charge on any atom is 0.265 e. The van der Waals surface area contributed by atoms with Crippen LogP contribution in [0, 0.1) is 0 Å². The Morgan fingerprint density at radius 1 is 0.970 bits per heavy atom. The zero-order chi connectivity index (χ0) is 24.0. The minimum atomic E-state index is -3.96. The van der Waals surface area contributed by atoms with Gasteiger partial charge in [-0.2, -0.15) is 0 Å². The number of halogens is 1. The fourth-order valence-corrected chi connectivity index (χ4v) is 5.16. The van der Waals surface area contributed by atoms with Gasteiger partial charge in [-0.05, 0) is 55.0 Å². The van der Waals surface area contributed by atoms with Gasteiger partial charge in [0.1, 0.15) is 4.90 Å². The molecule has 0 aliphatic carbocycles. The quantitative estimate of drug-likeness (QED) is 0.493. The van der Waals surface area contributed by atoms with Crippen LogP contribution in [0.5, 0.6) is 0 Å². The zero-order valence-electron chi connectivity index (χ0n) is 18.2. The first kappa shape index (κ1) is 24.3. The lowest BCUT2D eigenvalue weighted by Crippen LogP contribution is -2.31. The van der Waals surface area contributed by atoms with Crippen molar-refractivity contribution in [1.82, 2.24) is 5.32 Å². The third-order valence-electron chi connectivity index (χ3n) is 4.85. The summed E-state index contributed by atoms with van der Waals surface area (Å²) in [6.07, 6.45) is 0. The number of nitrogens with zero attached hydrogens (tertiary/aromatic N) is 1. The van der Waals surface area contributed by atoms with E-state index in [1.165, 1.54) is 23.4 Å². The molecule has 0 atom stereocenters. The van der Waals surface area contributed by atoms with Crippen molar-refractivity contribution in [3.63, 3.8) is 0 Å². The van der Waals surface area contributed by atoms with Crippen molar-refractivity contribution in [2.75, 3.05) is 16.2 Å². The first-order valence-corrected chi connectivity index (χ1v) is 12.1. The number of rotatable bonds is 8. The van der Waals surface area contributed by atoms with E-state index in [1.807, 2.05) is 0 Å². The summed E-state index contributed by atoms with van der Waals surface area (Å²) < 4.78 is 27.9. The van der Waals surface area contributed by atoms with Crippen LogP contribution in [0.4, 0.5) is 11.4 Å². The fourth-order valence-electron chi connectivity index (χ4n) is 3.19. The molecule has 0 bridgehead atoms. The van der Waals surface area contributed by atoms with Crippen LogP contribution in [0.3, 0.4) is 0 Å². The van der Waals surface area contributed by atoms with E-state index in [9.17, 15) is 18.0 Å². The van der Waals surface area contributed by atoms with Crippen LogP contribution < -0.4 is 14.9 Å². The molecule has 9 heteroatoms. The predicted octanol–water partition coefficient (Wildman–Crippen LogP) is 4.44. The monoisotopic (exact) mass is 485 g/mol. The number of hydrogen-bond acceptors (Lipinski definition) is 4. The molecule has 0 saturated carbocycles. The van der Waals surface area contributed by atoms with Crippen LogP contribution in [0.25, 0.3) is 0 Å². The van der Waals surface area contributed by atoms with E-state index in [-0.39, 0.29) is 22.4 Å². The number of para-hydroxylation sites is 1. The van der Waals surface area contributed by atoms with E-state index in [0.29, 0.717) is 23.5 Å². The standard InChI is InChI=1S/C24H24ClN3O4S/c1-3-28(21-7-5-4-6-8-21)33(31,32)23-15-20(13-14-22(23)25)27-24(30)19-11-9-18(10-12-19)16-26-17(2)29/h4-15H,3,16H2,1-2H3,(H,26,29)(H,27,30). The molecule has 3 aromatic carbocycles. The van der Waals surface area contributed by atoms with Gasteiger partial charge in [-0.25, -0.2) is 8.42 Å². The molecule has 3 rings (SSSR count). The third kappa shape index (κ3) is 5.91. The highest BCUT2D eigenvalue weighted by molar-refractivity contribution is 7.93. The molecule has 0 radical (unpaired) electrons. The minimum Gasteiger partial charge on any atom is -0.352 e. The molecule has 172 valence electrons. The Kier molecular flexibility index (Phi) is 7.73. The summed E-state index contributed by atoms with van der Waals surface area (Å²) in [6, 6.07) is 19.8. The largest absolute Gasteiger partial charge is 0.352 e. The maximum absolute atomic E-state index is 13.3. The number of anilines is 2. The summed E-state index contributed by atoms with van der Waals surface area (Å²) in [5, 5.41) is 5.46. The minimum absolute atomic E-state index is 0.0599. The van der Waals surface area contributed by atoms with Gasteiger partial charge >= 0.3 is 0 Å². The number of nitrogens with one attached hydrogen (secondary N) is 2. The summed E-state index contributed by atoms with van der Waals surface area (Å²) in [7, 11) is -3.96. The van der Waals surface area contributed by atoms with E-state index < -0.39 is 15.9 Å². The molecule has 0 aromatic heterocycles. The van der Waals surface area contributed by atoms with Crippen LogP contribution in [0.15, 0.2) is 77.7 Å². The number of amides is 2. The lowest BCUT2D eigenvalue weighted by Gasteiger charge is -2.23. The second-order valence-electron chi connectivity index (χ2n) is 7.21.